The van der Waals surface area contributed by atoms with Gasteiger partial charge in [0, 0.05) is 17.9 Å². The third-order valence-corrected chi connectivity index (χ3v) is 4.98. The fourth-order valence-electron chi connectivity index (χ4n) is 3.40. The highest BCUT2D eigenvalue weighted by Crippen LogP contribution is 2.41. The van der Waals surface area contributed by atoms with Crippen LogP contribution in [0.3, 0.4) is 0 Å². The molecule has 1 aliphatic carbocycles. The molecular formula is C22H26N2O2. The second-order valence-electron chi connectivity index (χ2n) is 7.18. The predicted molar refractivity (Wildman–Crippen MR) is 105 cm³/mol. The Hall–Kier alpha value is -2.62. The van der Waals surface area contributed by atoms with E-state index in [1.165, 1.54) is 0 Å². The van der Waals surface area contributed by atoms with Crippen molar-refractivity contribution in [2.24, 2.45) is 11.8 Å². The Morgan fingerprint density at radius 3 is 2.42 bits per heavy atom. The molecule has 3 rings (SSSR count). The number of amides is 2. The van der Waals surface area contributed by atoms with E-state index < -0.39 is 0 Å². The van der Waals surface area contributed by atoms with Crippen LogP contribution >= 0.6 is 0 Å². The lowest BCUT2D eigenvalue weighted by Gasteiger charge is -2.21. The van der Waals surface area contributed by atoms with E-state index in [4.69, 9.17) is 0 Å². The second kappa shape index (κ2) is 7.32. The first kappa shape index (κ1) is 18.2. The van der Waals surface area contributed by atoms with Gasteiger partial charge in [-0.25, -0.2) is 0 Å². The molecule has 0 spiro atoms. The van der Waals surface area contributed by atoms with E-state index in [1.807, 2.05) is 70.2 Å². The van der Waals surface area contributed by atoms with Gasteiger partial charge in [0.2, 0.25) is 11.8 Å². The molecule has 0 aliphatic heterocycles. The van der Waals surface area contributed by atoms with E-state index in [1.54, 1.807) is 4.90 Å². The second-order valence-corrected chi connectivity index (χ2v) is 7.18. The predicted octanol–water partition coefficient (Wildman–Crippen LogP) is 4.24. The normalized spacial score (nSPS) is 18.3. The van der Waals surface area contributed by atoms with Crippen molar-refractivity contribution in [2.45, 2.75) is 34.1 Å². The first-order chi connectivity index (χ1) is 12.4. The van der Waals surface area contributed by atoms with Gasteiger partial charge in [0.25, 0.3) is 0 Å². The fraction of sp³-hybridized carbons (Fsp3) is 0.364. The summed E-state index contributed by atoms with van der Waals surface area (Å²) in [5, 5.41) is 2.98. The molecule has 2 atom stereocenters. The van der Waals surface area contributed by atoms with Gasteiger partial charge in [-0.1, -0.05) is 29.8 Å². The third kappa shape index (κ3) is 3.79. The zero-order valence-corrected chi connectivity index (χ0v) is 15.9. The number of nitrogens with one attached hydrogen (secondary N) is 1. The maximum atomic E-state index is 12.9. The molecule has 0 heterocycles. The number of carbonyl (C=O) groups excluding carboxylic acids is 2. The Kier molecular flexibility index (Phi) is 5.12. The number of hydrogen-bond acceptors (Lipinski definition) is 2. The van der Waals surface area contributed by atoms with Gasteiger partial charge >= 0.3 is 0 Å². The van der Waals surface area contributed by atoms with Gasteiger partial charge < -0.3 is 10.2 Å². The molecule has 2 unspecified atom stereocenters. The third-order valence-electron chi connectivity index (χ3n) is 4.98. The first-order valence-corrected chi connectivity index (χ1v) is 9.17. The summed E-state index contributed by atoms with van der Waals surface area (Å²) < 4.78 is 0. The van der Waals surface area contributed by atoms with Crippen molar-refractivity contribution < 1.29 is 9.59 Å². The summed E-state index contributed by atoms with van der Waals surface area (Å²) in [6.45, 7) is 8.59. The van der Waals surface area contributed by atoms with Crippen molar-refractivity contribution in [3.63, 3.8) is 0 Å². The van der Waals surface area contributed by atoms with E-state index in [-0.39, 0.29) is 23.7 Å². The van der Waals surface area contributed by atoms with Crippen molar-refractivity contribution in [1.82, 2.24) is 0 Å². The zero-order chi connectivity index (χ0) is 18.8. The van der Waals surface area contributed by atoms with Crippen molar-refractivity contribution in [3.8, 4) is 0 Å². The molecule has 0 aromatic heterocycles. The number of anilines is 2. The lowest BCUT2D eigenvalue weighted by Crippen LogP contribution is -2.33. The Morgan fingerprint density at radius 2 is 1.77 bits per heavy atom. The Bertz CT molecular complexity index is 844. The van der Waals surface area contributed by atoms with E-state index in [9.17, 15) is 9.59 Å². The quantitative estimate of drug-likeness (QED) is 0.877. The monoisotopic (exact) mass is 350 g/mol. The minimum Gasteiger partial charge on any atom is -0.326 e. The van der Waals surface area contributed by atoms with Crippen molar-refractivity contribution >= 4 is 23.2 Å². The summed E-state index contributed by atoms with van der Waals surface area (Å²) >= 11 is 0. The maximum absolute atomic E-state index is 12.9. The molecule has 1 saturated carbocycles. The highest BCUT2D eigenvalue weighted by Gasteiger charge is 2.49. The summed E-state index contributed by atoms with van der Waals surface area (Å²) in [5.74, 6) is -0.474. The van der Waals surface area contributed by atoms with Gasteiger partial charge in [-0.2, -0.15) is 0 Å². The van der Waals surface area contributed by atoms with Crippen LogP contribution in [-0.4, -0.2) is 18.4 Å². The molecule has 0 bridgehead atoms. The molecule has 2 aromatic carbocycles. The fourth-order valence-corrected chi connectivity index (χ4v) is 3.40. The van der Waals surface area contributed by atoms with Crippen LogP contribution in [0.25, 0.3) is 0 Å². The van der Waals surface area contributed by atoms with Crippen LogP contribution in [0.15, 0.2) is 42.5 Å². The van der Waals surface area contributed by atoms with E-state index in [2.05, 4.69) is 5.32 Å². The highest BCUT2D eigenvalue weighted by molar-refractivity contribution is 6.04. The number of aryl methyl sites for hydroxylation is 3. The van der Waals surface area contributed by atoms with Gasteiger partial charge in [-0.3, -0.25) is 9.59 Å². The molecule has 0 radical (unpaired) electrons. The number of carbonyl (C=O) groups is 2. The topological polar surface area (TPSA) is 49.4 Å². The molecule has 2 amide bonds. The van der Waals surface area contributed by atoms with Gasteiger partial charge in [0.1, 0.15) is 0 Å². The minimum atomic E-state index is -0.234. The van der Waals surface area contributed by atoms with Crippen LogP contribution in [0.4, 0.5) is 11.4 Å². The molecule has 4 nitrogen and oxygen atoms in total. The zero-order valence-electron chi connectivity index (χ0n) is 15.9. The van der Waals surface area contributed by atoms with Crippen molar-refractivity contribution in [2.75, 3.05) is 16.8 Å². The van der Waals surface area contributed by atoms with E-state index >= 15 is 0 Å². The Labute approximate surface area is 155 Å². The summed E-state index contributed by atoms with van der Waals surface area (Å²) in [5.41, 5.74) is 5.05. The maximum Gasteiger partial charge on any atom is 0.230 e. The van der Waals surface area contributed by atoms with E-state index in [0.29, 0.717) is 13.0 Å². The molecule has 0 saturated heterocycles. The number of benzene rings is 2. The summed E-state index contributed by atoms with van der Waals surface area (Å²) in [7, 11) is 0. The average Bonchev–Trinajstić information content (AvgIpc) is 3.39. The SMILES string of the molecule is CCN(C(=O)C1CC1C(=O)Nc1ccc(C)cc1C)c1cccc(C)c1. The highest BCUT2D eigenvalue weighted by atomic mass is 16.2. The van der Waals surface area contributed by atoms with Crippen LogP contribution in [-0.2, 0) is 9.59 Å². The molecule has 2 aromatic rings. The molecule has 1 N–H and O–H groups in total. The molecule has 1 fully saturated rings. The number of hydrogen-bond donors (Lipinski definition) is 1. The van der Waals surface area contributed by atoms with Crippen LogP contribution in [0.2, 0.25) is 0 Å². The lowest BCUT2D eigenvalue weighted by atomic mass is 10.1. The summed E-state index contributed by atoms with van der Waals surface area (Å²) in [6, 6.07) is 13.9. The van der Waals surface area contributed by atoms with Gasteiger partial charge in [0.15, 0.2) is 0 Å². The summed E-state index contributed by atoms with van der Waals surface area (Å²) in [4.78, 5) is 27.2. The lowest BCUT2D eigenvalue weighted by molar-refractivity contribution is -0.123. The molecule has 1 aliphatic rings. The van der Waals surface area contributed by atoms with Crippen LogP contribution in [0.5, 0.6) is 0 Å². The smallest absolute Gasteiger partial charge is 0.230 e. The molecule has 26 heavy (non-hydrogen) atoms. The van der Waals surface area contributed by atoms with Crippen molar-refractivity contribution in [1.29, 1.82) is 0 Å². The van der Waals surface area contributed by atoms with Gasteiger partial charge in [-0.05, 0) is 63.4 Å². The van der Waals surface area contributed by atoms with Crippen molar-refractivity contribution in [3.05, 3.63) is 59.2 Å². The van der Waals surface area contributed by atoms with Gasteiger partial charge in [0.05, 0.1) is 11.8 Å². The minimum absolute atomic E-state index is 0.0406. The molecule has 136 valence electrons. The van der Waals surface area contributed by atoms with Crippen LogP contribution < -0.4 is 10.2 Å². The summed E-state index contributed by atoms with van der Waals surface area (Å²) in [6.07, 6.45) is 0.623. The Balaban J connectivity index is 1.66. The van der Waals surface area contributed by atoms with E-state index in [0.717, 1.165) is 28.1 Å². The van der Waals surface area contributed by atoms with Gasteiger partial charge in [-0.15, -0.1) is 0 Å². The first-order valence-electron chi connectivity index (χ1n) is 9.17. The average molecular weight is 350 g/mol. The largest absolute Gasteiger partial charge is 0.326 e. The molecular weight excluding hydrogens is 324 g/mol. The molecule has 4 heteroatoms. The standard InChI is InChI=1S/C22H26N2O2/c1-5-24(17-8-6-7-14(2)12-17)22(26)19-13-18(19)21(25)23-20-10-9-15(3)11-16(20)4/h6-12,18-19H,5,13H2,1-4H3,(H,23,25). The van der Waals surface area contributed by atoms with Crippen LogP contribution in [0.1, 0.15) is 30.0 Å². The Morgan fingerprint density at radius 1 is 1.04 bits per heavy atom. The number of rotatable bonds is 5. The number of nitrogens with zero attached hydrogens (tertiary/aromatic N) is 1. The van der Waals surface area contributed by atoms with Crippen LogP contribution in [0, 0.1) is 32.6 Å².